The summed E-state index contributed by atoms with van der Waals surface area (Å²) in [5, 5.41) is 6.78. The predicted molar refractivity (Wildman–Crippen MR) is 109 cm³/mol. The van der Waals surface area contributed by atoms with Crippen LogP contribution in [0.5, 0.6) is 0 Å². The Balaban J connectivity index is 0.00000441. The zero-order valence-electron chi connectivity index (χ0n) is 14.7. The van der Waals surface area contributed by atoms with Crippen LogP contribution in [0.15, 0.2) is 29.3 Å². The number of aliphatic imine (C=N–C) groups is 1. The summed E-state index contributed by atoms with van der Waals surface area (Å²) in [6.07, 6.45) is 0.991. The third-order valence-electron chi connectivity index (χ3n) is 3.75. The van der Waals surface area contributed by atoms with Gasteiger partial charge in [0.2, 0.25) is 0 Å². The number of guanidine groups is 1. The van der Waals surface area contributed by atoms with Crippen LogP contribution >= 0.6 is 24.0 Å². The Bertz CT molecular complexity index is 440. The fraction of sp³-hybridized carbons (Fsp3) is 0.588. The fourth-order valence-electron chi connectivity index (χ4n) is 1.86. The Morgan fingerprint density at radius 1 is 1.14 bits per heavy atom. The molecule has 1 rings (SSSR count). The van der Waals surface area contributed by atoms with E-state index in [9.17, 15) is 0 Å². The molecule has 2 N–H and O–H groups in total. The van der Waals surface area contributed by atoms with Crippen molar-refractivity contribution in [2.24, 2.45) is 10.9 Å². The van der Waals surface area contributed by atoms with Gasteiger partial charge >= 0.3 is 0 Å². The van der Waals surface area contributed by atoms with E-state index in [2.05, 4.69) is 79.7 Å². The molecule has 0 aromatic heterocycles. The van der Waals surface area contributed by atoms with Gasteiger partial charge in [-0.25, -0.2) is 0 Å². The number of hydrogen-bond donors (Lipinski definition) is 2. The quantitative estimate of drug-likeness (QED) is 0.424. The van der Waals surface area contributed by atoms with Gasteiger partial charge in [0.1, 0.15) is 0 Å². The summed E-state index contributed by atoms with van der Waals surface area (Å²) in [6, 6.07) is 9.09. The van der Waals surface area contributed by atoms with Crippen molar-refractivity contribution in [3.8, 4) is 0 Å². The molecule has 0 heterocycles. The first kappa shape index (κ1) is 21.0. The summed E-state index contributed by atoms with van der Waals surface area (Å²) in [7, 11) is 5.93. The van der Waals surface area contributed by atoms with E-state index in [0.29, 0.717) is 12.0 Å². The Kier molecular flexibility index (Phi) is 10.2. The molecule has 0 bridgehead atoms. The third kappa shape index (κ3) is 7.33. The van der Waals surface area contributed by atoms with Gasteiger partial charge in [-0.3, -0.25) is 4.99 Å². The molecule has 5 heteroatoms. The Morgan fingerprint density at radius 3 is 2.18 bits per heavy atom. The predicted octanol–water partition coefficient (Wildman–Crippen LogP) is 3.12. The average molecular weight is 418 g/mol. The number of nitrogens with zero attached hydrogens (tertiary/aromatic N) is 2. The molecule has 0 fully saturated rings. The topological polar surface area (TPSA) is 39.7 Å². The molecule has 0 saturated carbocycles. The van der Waals surface area contributed by atoms with Crippen molar-refractivity contribution in [3.05, 3.63) is 29.8 Å². The first-order chi connectivity index (χ1) is 9.93. The molecule has 1 aromatic carbocycles. The number of halogens is 1. The highest BCUT2D eigenvalue weighted by atomic mass is 127. The summed E-state index contributed by atoms with van der Waals surface area (Å²) in [5.74, 6) is 1.46. The lowest BCUT2D eigenvalue weighted by Gasteiger charge is -2.20. The van der Waals surface area contributed by atoms with Gasteiger partial charge in [0.25, 0.3) is 0 Å². The Labute approximate surface area is 152 Å². The van der Waals surface area contributed by atoms with Crippen LogP contribution in [-0.2, 0) is 6.42 Å². The van der Waals surface area contributed by atoms with E-state index in [4.69, 9.17) is 0 Å². The number of rotatable bonds is 6. The summed E-state index contributed by atoms with van der Waals surface area (Å²) in [6.45, 7) is 7.47. The largest absolute Gasteiger partial charge is 0.378 e. The maximum absolute atomic E-state index is 4.27. The minimum atomic E-state index is 0. The standard InChI is InChI=1S/C17H30N4.HI/c1-13(2)14(3)20-17(18-4)19-12-11-15-7-9-16(10-8-15)21(5)6;/h7-10,13-14H,11-12H2,1-6H3,(H2,18,19,20);1H. The van der Waals surface area contributed by atoms with E-state index >= 15 is 0 Å². The second kappa shape index (κ2) is 10.7. The molecule has 0 amide bonds. The van der Waals surface area contributed by atoms with E-state index in [1.165, 1.54) is 11.3 Å². The van der Waals surface area contributed by atoms with Crippen LogP contribution in [0.25, 0.3) is 0 Å². The van der Waals surface area contributed by atoms with Crippen molar-refractivity contribution in [2.75, 3.05) is 32.6 Å². The van der Waals surface area contributed by atoms with E-state index in [1.807, 2.05) is 7.05 Å². The minimum absolute atomic E-state index is 0. The molecule has 0 radical (unpaired) electrons. The SMILES string of the molecule is CN=C(NCCc1ccc(N(C)C)cc1)NC(C)C(C)C.I. The molecular formula is C17H31IN4. The summed E-state index contributed by atoms with van der Waals surface area (Å²) in [4.78, 5) is 6.38. The Hall–Kier alpha value is -0.980. The molecule has 1 atom stereocenters. The van der Waals surface area contributed by atoms with Gasteiger partial charge in [0.15, 0.2) is 5.96 Å². The zero-order chi connectivity index (χ0) is 15.8. The fourth-order valence-corrected chi connectivity index (χ4v) is 1.86. The van der Waals surface area contributed by atoms with Gasteiger partial charge in [-0.1, -0.05) is 26.0 Å². The van der Waals surface area contributed by atoms with Gasteiger partial charge in [-0.05, 0) is 37.0 Å². The van der Waals surface area contributed by atoms with Crippen molar-refractivity contribution in [3.63, 3.8) is 0 Å². The maximum Gasteiger partial charge on any atom is 0.191 e. The number of benzene rings is 1. The van der Waals surface area contributed by atoms with Gasteiger partial charge in [0.05, 0.1) is 0 Å². The molecular weight excluding hydrogens is 387 g/mol. The monoisotopic (exact) mass is 418 g/mol. The van der Waals surface area contributed by atoms with Crippen LogP contribution in [0.3, 0.4) is 0 Å². The first-order valence-corrected chi connectivity index (χ1v) is 7.67. The van der Waals surface area contributed by atoms with Crippen molar-refractivity contribution in [1.82, 2.24) is 10.6 Å². The number of nitrogens with one attached hydrogen (secondary N) is 2. The van der Waals surface area contributed by atoms with Crippen LogP contribution in [0, 0.1) is 5.92 Å². The van der Waals surface area contributed by atoms with Gasteiger partial charge in [0, 0.05) is 39.4 Å². The van der Waals surface area contributed by atoms with Gasteiger partial charge < -0.3 is 15.5 Å². The molecule has 4 nitrogen and oxygen atoms in total. The lowest BCUT2D eigenvalue weighted by atomic mass is 10.1. The summed E-state index contributed by atoms with van der Waals surface area (Å²) < 4.78 is 0. The molecule has 0 saturated heterocycles. The van der Waals surface area contributed by atoms with Crippen LogP contribution < -0.4 is 15.5 Å². The lowest BCUT2D eigenvalue weighted by molar-refractivity contribution is 0.481. The highest BCUT2D eigenvalue weighted by molar-refractivity contribution is 14.0. The van der Waals surface area contributed by atoms with E-state index in [1.54, 1.807) is 0 Å². The van der Waals surface area contributed by atoms with Crippen LogP contribution in [0.1, 0.15) is 26.3 Å². The average Bonchev–Trinajstić information content (AvgIpc) is 2.46. The molecule has 1 aromatic rings. The van der Waals surface area contributed by atoms with E-state index in [0.717, 1.165) is 18.9 Å². The van der Waals surface area contributed by atoms with Crippen molar-refractivity contribution in [1.29, 1.82) is 0 Å². The molecule has 126 valence electrons. The van der Waals surface area contributed by atoms with Crippen LogP contribution in [0.4, 0.5) is 5.69 Å². The van der Waals surface area contributed by atoms with E-state index < -0.39 is 0 Å². The second-order valence-electron chi connectivity index (χ2n) is 5.99. The molecule has 0 aliphatic rings. The molecule has 22 heavy (non-hydrogen) atoms. The smallest absolute Gasteiger partial charge is 0.191 e. The first-order valence-electron chi connectivity index (χ1n) is 7.67. The highest BCUT2D eigenvalue weighted by Gasteiger charge is 2.08. The second-order valence-corrected chi connectivity index (χ2v) is 5.99. The van der Waals surface area contributed by atoms with Crippen molar-refractivity contribution >= 4 is 35.6 Å². The summed E-state index contributed by atoms with van der Waals surface area (Å²) >= 11 is 0. The zero-order valence-corrected chi connectivity index (χ0v) is 17.0. The number of hydrogen-bond acceptors (Lipinski definition) is 2. The molecule has 1 unspecified atom stereocenters. The van der Waals surface area contributed by atoms with E-state index in [-0.39, 0.29) is 24.0 Å². The normalized spacial score (nSPS) is 12.6. The Morgan fingerprint density at radius 2 is 1.73 bits per heavy atom. The van der Waals surface area contributed by atoms with Crippen molar-refractivity contribution in [2.45, 2.75) is 33.2 Å². The third-order valence-corrected chi connectivity index (χ3v) is 3.75. The minimum Gasteiger partial charge on any atom is -0.378 e. The van der Waals surface area contributed by atoms with Crippen molar-refractivity contribution < 1.29 is 0 Å². The van der Waals surface area contributed by atoms with Crippen LogP contribution in [0.2, 0.25) is 0 Å². The number of anilines is 1. The summed E-state index contributed by atoms with van der Waals surface area (Å²) in [5.41, 5.74) is 2.57. The highest BCUT2D eigenvalue weighted by Crippen LogP contribution is 2.12. The van der Waals surface area contributed by atoms with Gasteiger partial charge in [-0.15, -0.1) is 24.0 Å². The molecule has 0 spiro atoms. The van der Waals surface area contributed by atoms with Gasteiger partial charge in [-0.2, -0.15) is 0 Å². The van der Waals surface area contributed by atoms with Crippen LogP contribution in [-0.4, -0.2) is 39.7 Å². The molecule has 0 aliphatic heterocycles. The molecule has 0 aliphatic carbocycles. The lowest BCUT2D eigenvalue weighted by Crippen LogP contribution is -2.44. The maximum atomic E-state index is 4.27.